The Hall–Kier alpha value is -2.66. The van der Waals surface area contributed by atoms with Crippen molar-refractivity contribution in [3.05, 3.63) is 79.8 Å². The van der Waals surface area contributed by atoms with Gasteiger partial charge in [0.05, 0.1) is 22.0 Å². The summed E-state index contributed by atoms with van der Waals surface area (Å²) in [7, 11) is 0. The first-order valence-corrected chi connectivity index (χ1v) is 13.5. The Morgan fingerprint density at radius 3 is 1.94 bits per heavy atom. The minimum atomic E-state index is 0.683. The van der Waals surface area contributed by atoms with Gasteiger partial charge in [0.1, 0.15) is 11.5 Å². The maximum absolute atomic E-state index is 5.66. The normalized spacial score (nSPS) is 13.5. The molecule has 0 aromatic carbocycles. The summed E-state index contributed by atoms with van der Waals surface area (Å²) in [4.78, 5) is 8.67. The van der Waals surface area contributed by atoms with Gasteiger partial charge in [0.15, 0.2) is 9.34 Å². The van der Waals surface area contributed by atoms with Crippen molar-refractivity contribution in [2.75, 3.05) is 13.1 Å². The van der Waals surface area contributed by atoms with Gasteiger partial charge in [0, 0.05) is 16.3 Å². The Morgan fingerprint density at radius 2 is 1.47 bits per heavy atom. The second-order valence-corrected chi connectivity index (χ2v) is 10.9. The van der Waals surface area contributed by atoms with Gasteiger partial charge >= 0.3 is 0 Å². The van der Waals surface area contributed by atoms with Crippen LogP contribution < -0.4 is 10.7 Å². The van der Waals surface area contributed by atoms with Crippen LogP contribution >= 0.6 is 54.5 Å². The van der Waals surface area contributed by atoms with Gasteiger partial charge in [-0.15, -0.1) is 22.7 Å². The quantitative estimate of drug-likeness (QED) is 0.166. The second kappa shape index (κ2) is 10.7. The monoisotopic (exact) mass is 616 g/mol. The van der Waals surface area contributed by atoms with Crippen LogP contribution in [0.25, 0.3) is 33.4 Å². The zero-order chi connectivity index (χ0) is 23.3. The highest BCUT2D eigenvalue weighted by Gasteiger charge is 2.08. The Kier molecular flexibility index (Phi) is 7.29. The first-order chi connectivity index (χ1) is 16.6. The molecule has 172 valence electrons. The van der Waals surface area contributed by atoms with Gasteiger partial charge in [-0.3, -0.25) is 0 Å². The van der Waals surface area contributed by atoms with Crippen LogP contribution in [-0.2, 0) is 0 Å². The van der Waals surface area contributed by atoms with Crippen LogP contribution in [-0.4, -0.2) is 24.8 Å². The second-order valence-electron chi connectivity index (χ2n) is 7.08. The van der Waals surface area contributed by atoms with E-state index in [2.05, 4.69) is 77.0 Å². The van der Waals surface area contributed by atoms with Gasteiger partial charge in [0.2, 0.25) is 5.96 Å². The van der Waals surface area contributed by atoms with E-state index in [1.165, 1.54) is 0 Å². The topological polar surface area (TPSA) is 75.1 Å². The van der Waals surface area contributed by atoms with Crippen LogP contribution in [0.4, 0.5) is 0 Å². The Labute approximate surface area is 221 Å². The summed E-state index contributed by atoms with van der Waals surface area (Å²) in [5.41, 5.74) is 3.78. The standard InChI is InChI=1S/C24H18Br2N4O2S2/c25-22-11-7-18(31-22)20-9-5-16(33-20)3-1-15(29-30-24-27-13-14-28-24)2-4-17-6-10-21(34-17)19-8-12-23(26)32-19/h1-12H,13-14H2,(H2,27,28,30)/b3-1+,4-2+. The first-order valence-electron chi connectivity index (χ1n) is 10.3. The van der Waals surface area contributed by atoms with E-state index in [4.69, 9.17) is 8.83 Å². The molecule has 0 spiro atoms. The van der Waals surface area contributed by atoms with E-state index in [-0.39, 0.29) is 0 Å². The fraction of sp³-hybridized carbons (Fsp3) is 0.0833. The molecule has 0 atom stereocenters. The number of nitrogens with zero attached hydrogens (tertiary/aromatic N) is 2. The number of rotatable bonds is 7. The Morgan fingerprint density at radius 1 is 0.882 bits per heavy atom. The minimum absolute atomic E-state index is 0.683. The highest BCUT2D eigenvalue weighted by atomic mass is 79.9. The molecule has 34 heavy (non-hydrogen) atoms. The molecule has 6 nitrogen and oxygen atoms in total. The summed E-state index contributed by atoms with van der Waals surface area (Å²) in [5.74, 6) is 2.37. The summed E-state index contributed by atoms with van der Waals surface area (Å²) in [6.45, 7) is 1.57. The summed E-state index contributed by atoms with van der Waals surface area (Å²) in [6, 6.07) is 15.9. The number of thiophene rings is 2. The molecule has 5 heterocycles. The van der Waals surface area contributed by atoms with Crippen LogP contribution in [0.5, 0.6) is 0 Å². The van der Waals surface area contributed by atoms with Crippen molar-refractivity contribution in [3.8, 4) is 21.3 Å². The molecular formula is C24H18Br2N4O2S2. The van der Waals surface area contributed by atoms with Gasteiger partial charge in [-0.1, -0.05) is 0 Å². The predicted octanol–water partition coefficient (Wildman–Crippen LogP) is 7.49. The lowest BCUT2D eigenvalue weighted by Crippen LogP contribution is -2.30. The first kappa shape index (κ1) is 23.1. The molecule has 0 unspecified atom stereocenters. The lowest BCUT2D eigenvalue weighted by Gasteiger charge is -2.01. The molecule has 0 radical (unpaired) electrons. The van der Waals surface area contributed by atoms with E-state index in [9.17, 15) is 0 Å². The Balaban J connectivity index is 1.33. The van der Waals surface area contributed by atoms with Crippen LogP contribution in [0.15, 0.2) is 89.0 Å². The molecule has 0 aliphatic carbocycles. The fourth-order valence-corrected chi connectivity index (χ4v) is 5.46. The van der Waals surface area contributed by atoms with Gasteiger partial charge in [-0.25, -0.2) is 10.4 Å². The van der Waals surface area contributed by atoms with E-state index in [1.54, 1.807) is 22.7 Å². The number of nitrogens with one attached hydrogen (secondary N) is 2. The van der Waals surface area contributed by atoms with Gasteiger partial charge in [-0.2, -0.15) is 5.10 Å². The molecule has 0 bridgehead atoms. The number of hydrazone groups is 1. The molecule has 4 aromatic rings. The number of aliphatic imine (C=N–C) groups is 1. The van der Waals surface area contributed by atoms with Gasteiger partial charge in [0.25, 0.3) is 0 Å². The zero-order valence-electron chi connectivity index (χ0n) is 17.6. The molecule has 10 heteroatoms. The van der Waals surface area contributed by atoms with E-state index in [0.29, 0.717) is 5.96 Å². The predicted molar refractivity (Wildman–Crippen MR) is 148 cm³/mol. The third-order valence-corrected chi connectivity index (χ3v) is 7.67. The van der Waals surface area contributed by atoms with Crippen LogP contribution in [0.2, 0.25) is 0 Å². The summed E-state index contributed by atoms with van der Waals surface area (Å²) >= 11 is 10.0. The average molecular weight is 618 g/mol. The van der Waals surface area contributed by atoms with Crippen molar-refractivity contribution in [3.63, 3.8) is 0 Å². The van der Waals surface area contributed by atoms with Crippen LogP contribution in [0.3, 0.4) is 0 Å². The fourth-order valence-electron chi connectivity index (χ4n) is 3.10. The lowest BCUT2D eigenvalue weighted by atomic mass is 10.2. The summed E-state index contributed by atoms with van der Waals surface area (Å²) < 4.78 is 12.8. The largest absolute Gasteiger partial charge is 0.449 e. The van der Waals surface area contributed by atoms with Crippen LogP contribution in [0.1, 0.15) is 9.75 Å². The van der Waals surface area contributed by atoms with E-state index in [1.807, 2.05) is 48.6 Å². The maximum atomic E-state index is 5.66. The molecule has 0 saturated heterocycles. The van der Waals surface area contributed by atoms with Gasteiger partial charge in [-0.05, 0) is 105 Å². The molecule has 5 rings (SSSR count). The number of furan rings is 2. The summed E-state index contributed by atoms with van der Waals surface area (Å²) in [6.07, 6.45) is 8.04. The highest BCUT2D eigenvalue weighted by molar-refractivity contribution is 9.10. The molecular weight excluding hydrogens is 600 g/mol. The number of allylic oxidation sites excluding steroid dienone is 2. The Bertz CT molecular complexity index is 1320. The zero-order valence-corrected chi connectivity index (χ0v) is 22.4. The number of halogens is 2. The van der Waals surface area contributed by atoms with Crippen molar-refractivity contribution in [1.82, 2.24) is 10.7 Å². The maximum Gasteiger partial charge on any atom is 0.212 e. The smallest absolute Gasteiger partial charge is 0.212 e. The van der Waals surface area contributed by atoms with Crippen LogP contribution in [0, 0.1) is 0 Å². The third kappa shape index (κ3) is 5.87. The number of guanidine groups is 1. The molecule has 4 aromatic heterocycles. The van der Waals surface area contributed by atoms with E-state index < -0.39 is 0 Å². The molecule has 1 aliphatic rings. The number of hydrogen-bond acceptors (Lipinski definition) is 8. The van der Waals surface area contributed by atoms with Gasteiger partial charge < -0.3 is 14.2 Å². The SMILES string of the molecule is Brc1ccc(-c2ccc(/C=C/C(/C=C/c3ccc(-c4ccc(Br)o4)s3)=NNC3=NCCN3)s2)o1. The molecule has 1 aliphatic heterocycles. The van der Waals surface area contributed by atoms with Crippen molar-refractivity contribution in [2.24, 2.45) is 10.1 Å². The van der Waals surface area contributed by atoms with E-state index in [0.717, 1.165) is 59.2 Å². The molecule has 0 saturated carbocycles. The average Bonchev–Trinajstić information content (AvgIpc) is 3.64. The van der Waals surface area contributed by atoms with E-state index >= 15 is 0 Å². The minimum Gasteiger partial charge on any atom is -0.449 e. The number of hydrogen-bond donors (Lipinski definition) is 2. The molecule has 0 amide bonds. The van der Waals surface area contributed by atoms with Crippen molar-refractivity contribution in [1.29, 1.82) is 0 Å². The molecule has 0 fully saturated rings. The van der Waals surface area contributed by atoms with Crippen molar-refractivity contribution < 1.29 is 8.83 Å². The highest BCUT2D eigenvalue weighted by Crippen LogP contribution is 2.33. The van der Waals surface area contributed by atoms with Crippen molar-refractivity contribution in [2.45, 2.75) is 0 Å². The van der Waals surface area contributed by atoms with Crippen molar-refractivity contribution >= 4 is 78.4 Å². The third-order valence-electron chi connectivity index (χ3n) is 4.69. The lowest BCUT2D eigenvalue weighted by molar-refractivity contribution is 0.557. The molecule has 2 N–H and O–H groups in total. The summed E-state index contributed by atoms with van der Waals surface area (Å²) in [5, 5.41) is 7.70.